The van der Waals surface area contributed by atoms with E-state index in [0.717, 1.165) is 24.8 Å². The molecule has 0 aromatic heterocycles. The van der Waals surface area contributed by atoms with Crippen molar-refractivity contribution in [3.05, 3.63) is 35.4 Å². The molecule has 0 saturated carbocycles. The van der Waals surface area contributed by atoms with Gasteiger partial charge >= 0.3 is 5.97 Å². The number of amides is 2. The normalized spacial score (nSPS) is 20.9. The Morgan fingerprint density at radius 3 is 2.50 bits per heavy atom. The Bertz CT molecular complexity index is 722. The first-order valence-corrected chi connectivity index (χ1v) is 9.20. The second-order valence-corrected chi connectivity index (χ2v) is 7.70. The summed E-state index contributed by atoms with van der Waals surface area (Å²) in [5, 5.41) is 9.26. The predicted octanol–water partition coefficient (Wildman–Crippen LogP) is 2.31. The van der Waals surface area contributed by atoms with Crippen LogP contribution in [-0.2, 0) is 9.59 Å². The average molecular weight is 358 g/mol. The first-order valence-electron chi connectivity index (χ1n) is 9.20. The Morgan fingerprint density at radius 2 is 1.88 bits per heavy atom. The maximum Gasteiger partial charge on any atom is 0.326 e. The third kappa shape index (κ3) is 3.59. The molecule has 2 saturated heterocycles. The van der Waals surface area contributed by atoms with E-state index in [4.69, 9.17) is 0 Å². The Kier molecular flexibility index (Phi) is 5.03. The molecule has 2 aliphatic heterocycles. The zero-order valence-electron chi connectivity index (χ0n) is 15.4. The lowest BCUT2D eigenvalue weighted by atomic mass is 9.72. The van der Waals surface area contributed by atoms with Crippen LogP contribution in [0.2, 0.25) is 0 Å². The number of likely N-dealkylation sites (tertiary alicyclic amines) is 2. The summed E-state index contributed by atoms with van der Waals surface area (Å²) in [4.78, 5) is 39.5. The van der Waals surface area contributed by atoms with Crippen molar-refractivity contribution in [2.45, 2.75) is 45.6 Å². The molecule has 1 atom stereocenters. The summed E-state index contributed by atoms with van der Waals surface area (Å²) in [5.41, 5.74) is 1.70. The van der Waals surface area contributed by atoms with Gasteiger partial charge in [-0.2, -0.15) is 0 Å². The second-order valence-electron chi connectivity index (χ2n) is 7.70. The molecule has 1 unspecified atom stereocenters. The van der Waals surface area contributed by atoms with Crippen molar-refractivity contribution in [2.75, 3.05) is 19.6 Å². The second kappa shape index (κ2) is 7.09. The van der Waals surface area contributed by atoms with Crippen molar-refractivity contribution >= 4 is 17.8 Å². The Balaban J connectivity index is 1.66. The summed E-state index contributed by atoms with van der Waals surface area (Å²) < 4.78 is 0. The standard InChI is InChI=1S/C20H26N2O4/c1-14-4-3-5-16(12-14)18(24)21-10-8-20(9-11-21)7-6-17(23)22(13-20)15(2)19(25)26/h3-5,12,15H,6-11,13H2,1-2H3,(H,25,26). The number of carbonyl (C=O) groups is 3. The van der Waals surface area contributed by atoms with Crippen LogP contribution < -0.4 is 0 Å². The smallest absolute Gasteiger partial charge is 0.326 e. The van der Waals surface area contributed by atoms with Gasteiger partial charge in [-0.25, -0.2) is 4.79 Å². The molecule has 2 aliphatic rings. The van der Waals surface area contributed by atoms with Crippen LogP contribution in [0.5, 0.6) is 0 Å². The van der Waals surface area contributed by atoms with E-state index in [1.807, 2.05) is 36.1 Å². The average Bonchev–Trinajstić information content (AvgIpc) is 2.63. The Hall–Kier alpha value is -2.37. The topological polar surface area (TPSA) is 77.9 Å². The van der Waals surface area contributed by atoms with E-state index in [-0.39, 0.29) is 17.2 Å². The molecule has 1 aromatic rings. The van der Waals surface area contributed by atoms with Gasteiger partial charge in [0.05, 0.1) is 0 Å². The van der Waals surface area contributed by atoms with E-state index < -0.39 is 12.0 Å². The number of benzene rings is 1. The van der Waals surface area contributed by atoms with E-state index in [1.165, 1.54) is 4.90 Å². The molecular formula is C20H26N2O4. The summed E-state index contributed by atoms with van der Waals surface area (Å²) in [6.45, 7) is 5.31. The van der Waals surface area contributed by atoms with Crippen molar-refractivity contribution in [3.63, 3.8) is 0 Å². The van der Waals surface area contributed by atoms with Crippen molar-refractivity contribution < 1.29 is 19.5 Å². The Morgan fingerprint density at radius 1 is 1.19 bits per heavy atom. The molecule has 2 amide bonds. The number of nitrogens with zero attached hydrogens (tertiary/aromatic N) is 2. The summed E-state index contributed by atoms with van der Waals surface area (Å²) in [6, 6.07) is 6.81. The lowest BCUT2D eigenvalue weighted by molar-refractivity contribution is -0.154. The summed E-state index contributed by atoms with van der Waals surface area (Å²) in [6.07, 6.45) is 2.78. The first-order chi connectivity index (χ1) is 12.3. The van der Waals surface area contributed by atoms with E-state index in [2.05, 4.69) is 0 Å². The fourth-order valence-electron chi connectivity index (χ4n) is 4.08. The highest BCUT2D eigenvalue weighted by atomic mass is 16.4. The number of rotatable bonds is 3. The van der Waals surface area contributed by atoms with Gasteiger partial charge < -0.3 is 14.9 Å². The molecule has 0 bridgehead atoms. The lowest BCUT2D eigenvalue weighted by Gasteiger charge is -2.48. The number of aliphatic carboxylic acids is 1. The highest BCUT2D eigenvalue weighted by molar-refractivity contribution is 5.94. The minimum atomic E-state index is -0.970. The van der Waals surface area contributed by atoms with Gasteiger partial charge in [0.15, 0.2) is 0 Å². The molecule has 6 nitrogen and oxygen atoms in total. The van der Waals surface area contributed by atoms with Crippen LogP contribution in [-0.4, -0.2) is 58.4 Å². The summed E-state index contributed by atoms with van der Waals surface area (Å²) in [5.74, 6) is -1.00. The molecule has 140 valence electrons. The van der Waals surface area contributed by atoms with Gasteiger partial charge in [0.1, 0.15) is 6.04 Å². The molecule has 6 heteroatoms. The largest absolute Gasteiger partial charge is 0.480 e. The summed E-state index contributed by atoms with van der Waals surface area (Å²) in [7, 11) is 0. The number of carbonyl (C=O) groups excluding carboxylic acids is 2. The minimum Gasteiger partial charge on any atom is -0.480 e. The SMILES string of the molecule is Cc1cccc(C(=O)N2CCC3(CCC(=O)N(C(C)C(=O)O)C3)CC2)c1. The van der Waals surface area contributed by atoms with Gasteiger partial charge in [-0.15, -0.1) is 0 Å². The maximum absolute atomic E-state index is 12.7. The van der Waals surface area contributed by atoms with Crippen LogP contribution in [0.1, 0.15) is 48.5 Å². The van der Waals surface area contributed by atoms with Crippen LogP contribution in [0.4, 0.5) is 0 Å². The fraction of sp³-hybridized carbons (Fsp3) is 0.550. The van der Waals surface area contributed by atoms with Crippen LogP contribution in [0.15, 0.2) is 24.3 Å². The number of aryl methyl sites for hydroxylation is 1. The van der Waals surface area contributed by atoms with Crippen LogP contribution in [0, 0.1) is 12.3 Å². The molecular weight excluding hydrogens is 332 g/mol. The number of carboxylic acid groups (broad SMARTS) is 1. The quantitative estimate of drug-likeness (QED) is 0.899. The van der Waals surface area contributed by atoms with Crippen LogP contribution in [0.25, 0.3) is 0 Å². The van der Waals surface area contributed by atoms with Gasteiger partial charge in [-0.05, 0) is 50.7 Å². The molecule has 3 rings (SSSR count). The minimum absolute atomic E-state index is 0.0474. The highest BCUT2D eigenvalue weighted by Crippen LogP contribution is 2.41. The maximum atomic E-state index is 12.7. The zero-order valence-corrected chi connectivity index (χ0v) is 15.4. The molecule has 0 aliphatic carbocycles. The van der Waals surface area contributed by atoms with Gasteiger partial charge in [-0.1, -0.05) is 17.7 Å². The number of piperidine rings is 2. The van der Waals surface area contributed by atoms with E-state index in [9.17, 15) is 19.5 Å². The molecule has 2 heterocycles. The van der Waals surface area contributed by atoms with E-state index in [1.54, 1.807) is 6.92 Å². The number of hydrogen-bond donors (Lipinski definition) is 1. The molecule has 1 spiro atoms. The van der Waals surface area contributed by atoms with Gasteiger partial charge in [0, 0.05) is 31.6 Å². The summed E-state index contributed by atoms with van der Waals surface area (Å²) >= 11 is 0. The molecule has 0 radical (unpaired) electrons. The highest BCUT2D eigenvalue weighted by Gasteiger charge is 2.43. The third-order valence-electron chi connectivity index (χ3n) is 5.90. The van der Waals surface area contributed by atoms with Gasteiger partial charge in [0.25, 0.3) is 5.91 Å². The third-order valence-corrected chi connectivity index (χ3v) is 5.90. The number of carboxylic acids is 1. The fourth-order valence-corrected chi connectivity index (χ4v) is 4.08. The molecule has 26 heavy (non-hydrogen) atoms. The molecule has 1 N–H and O–H groups in total. The van der Waals surface area contributed by atoms with Crippen molar-refractivity contribution in [1.82, 2.24) is 9.80 Å². The van der Waals surface area contributed by atoms with Crippen molar-refractivity contribution in [2.24, 2.45) is 5.41 Å². The zero-order chi connectivity index (χ0) is 18.9. The number of hydrogen-bond acceptors (Lipinski definition) is 3. The van der Waals surface area contributed by atoms with E-state index >= 15 is 0 Å². The van der Waals surface area contributed by atoms with Gasteiger partial charge in [0.2, 0.25) is 5.91 Å². The van der Waals surface area contributed by atoms with Crippen LogP contribution >= 0.6 is 0 Å². The van der Waals surface area contributed by atoms with Crippen molar-refractivity contribution in [1.29, 1.82) is 0 Å². The lowest BCUT2D eigenvalue weighted by Crippen LogP contribution is -2.55. The van der Waals surface area contributed by atoms with E-state index in [0.29, 0.717) is 31.6 Å². The first kappa shape index (κ1) is 18.4. The Labute approximate surface area is 153 Å². The predicted molar refractivity (Wildman–Crippen MR) is 96.8 cm³/mol. The molecule has 1 aromatic carbocycles. The van der Waals surface area contributed by atoms with Gasteiger partial charge in [-0.3, -0.25) is 9.59 Å². The monoisotopic (exact) mass is 358 g/mol. The van der Waals surface area contributed by atoms with Crippen LogP contribution in [0.3, 0.4) is 0 Å². The van der Waals surface area contributed by atoms with Crippen molar-refractivity contribution in [3.8, 4) is 0 Å². The molecule has 2 fully saturated rings.